The first-order valence-electron chi connectivity index (χ1n) is 13.9. The van der Waals surface area contributed by atoms with Crippen LogP contribution in [0.2, 0.25) is 0 Å². The molecule has 0 radical (unpaired) electrons. The Morgan fingerprint density at radius 3 is 2.07 bits per heavy atom. The zero-order chi connectivity index (χ0) is 32.9. The number of aliphatic hydroxyl groups is 1. The second kappa shape index (κ2) is 17.7. The summed E-state index contributed by atoms with van der Waals surface area (Å²) in [7, 11) is 0. The first-order valence-corrected chi connectivity index (χ1v) is 16.6. The minimum Gasteiger partial charge on any atom is -0.391 e. The standard InChI is InChI=1S/C30H34Br2N6O6S/c1-17(39)25(37-28(43)24(32)23(31)19-10-6-3-7-11-19)29(44)36-21(16-18-8-4-2-5-9-18)27(42)35-20(12-13-22(33)40)26(41)38-30-34-14-15-45-30/h2-11,14-15,17,20-21,23-25,39H,12-13,16H2,1H3,(H2,33,40)(H,35,42)(H,36,44)(H,37,43)(H,34,38,41)/t17-,20+,21+,23?,24?,25+/m1/s1. The highest BCUT2D eigenvalue weighted by molar-refractivity contribution is 9.12. The number of carbonyl (C=O) groups is 5. The molecule has 0 saturated heterocycles. The molecule has 2 unspecified atom stereocenters. The highest BCUT2D eigenvalue weighted by atomic mass is 79.9. The van der Waals surface area contributed by atoms with Gasteiger partial charge in [-0.2, -0.15) is 0 Å². The number of hydrogen-bond acceptors (Lipinski definition) is 8. The topological polar surface area (TPSA) is 193 Å². The van der Waals surface area contributed by atoms with Crippen molar-refractivity contribution in [2.45, 2.75) is 60.1 Å². The number of hydrogen-bond donors (Lipinski definition) is 6. The Labute approximate surface area is 281 Å². The van der Waals surface area contributed by atoms with Gasteiger partial charge in [-0.1, -0.05) is 92.5 Å². The molecule has 0 spiro atoms. The van der Waals surface area contributed by atoms with Crippen molar-refractivity contribution < 1.29 is 29.1 Å². The molecule has 5 amide bonds. The predicted octanol–water partition coefficient (Wildman–Crippen LogP) is 2.32. The Morgan fingerprint density at radius 2 is 1.49 bits per heavy atom. The van der Waals surface area contributed by atoms with Crippen molar-refractivity contribution in [3.8, 4) is 0 Å². The predicted molar refractivity (Wildman–Crippen MR) is 178 cm³/mol. The van der Waals surface area contributed by atoms with E-state index in [-0.39, 0.29) is 19.3 Å². The molecule has 0 aliphatic heterocycles. The molecule has 3 aromatic rings. The van der Waals surface area contributed by atoms with Crippen molar-refractivity contribution in [2.24, 2.45) is 5.73 Å². The van der Waals surface area contributed by atoms with Gasteiger partial charge in [0, 0.05) is 24.4 Å². The first kappa shape index (κ1) is 35.8. The number of primary amides is 1. The number of aromatic nitrogens is 1. The minimum absolute atomic E-state index is 0.0219. The molecule has 1 aromatic heterocycles. The van der Waals surface area contributed by atoms with Gasteiger partial charge < -0.3 is 32.1 Å². The molecule has 12 nitrogen and oxygen atoms in total. The third kappa shape index (κ3) is 11.3. The summed E-state index contributed by atoms with van der Waals surface area (Å²) in [5.41, 5.74) is 6.81. The molecule has 240 valence electrons. The second-order valence-corrected chi connectivity index (χ2v) is 13.0. The lowest BCUT2D eigenvalue weighted by atomic mass is 10.0. The SMILES string of the molecule is C[C@@H](O)[C@H](NC(=O)C(Br)C(Br)c1ccccc1)C(=O)N[C@@H](Cc1ccccc1)C(=O)N[C@@H](CCC(N)=O)C(=O)Nc1nccs1. The number of nitrogens with one attached hydrogen (secondary N) is 4. The van der Waals surface area contributed by atoms with Crippen LogP contribution in [-0.4, -0.2) is 68.7 Å². The molecule has 0 saturated carbocycles. The lowest BCUT2D eigenvalue weighted by Crippen LogP contribution is -2.59. The van der Waals surface area contributed by atoms with Gasteiger partial charge in [0.15, 0.2) is 5.13 Å². The van der Waals surface area contributed by atoms with Gasteiger partial charge in [-0.25, -0.2) is 4.98 Å². The Balaban J connectivity index is 1.78. The minimum atomic E-state index is -1.42. The smallest absolute Gasteiger partial charge is 0.248 e. The van der Waals surface area contributed by atoms with Gasteiger partial charge in [0.1, 0.15) is 23.0 Å². The van der Waals surface area contributed by atoms with Crippen LogP contribution in [0.3, 0.4) is 0 Å². The Morgan fingerprint density at radius 1 is 0.867 bits per heavy atom. The van der Waals surface area contributed by atoms with Crippen molar-refractivity contribution in [1.82, 2.24) is 20.9 Å². The van der Waals surface area contributed by atoms with Crippen molar-refractivity contribution in [3.63, 3.8) is 0 Å². The summed E-state index contributed by atoms with van der Waals surface area (Å²) in [6, 6.07) is 14.2. The average molecular weight is 767 g/mol. The zero-order valence-electron chi connectivity index (χ0n) is 24.2. The van der Waals surface area contributed by atoms with Gasteiger partial charge in [0.25, 0.3) is 0 Å². The third-order valence-electron chi connectivity index (χ3n) is 6.58. The summed E-state index contributed by atoms with van der Waals surface area (Å²) >= 11 is 8.04. The van der Waals surface area contributed by atoms with E-state index in [0.29, 0.717) is 10.7 Å². The zero-order valence-corrected chi connectivity index (χ0v) is 28.2. The molecular weight excluding hydrogens is 732 g/mol. The van der Waals surface area contributed by atoms with E-state index in [1.807, 2.05) is 30.3 Å². The Bertz CT molecular complexity index is 1430. The van der Waals surface area contributed by atoms with E-state index in [1.165, 1.54) is 24.5 Å². The molecule has 1 heterocycles. The second-order valence-electron chi connectivity index (χ2n) is 10.1. The van der Waals surface area contributed by atoms with Gasteiger partial charge in [-0.3, -0.25) is 24.0 Å². The number of benzene rings is 2. The van der Waals surface area contributed by atoms with Crippen LogP contribution < -0.4 is 27.0 Å². The highest BCUT2D eigenvalue weighted by Crippen LogP contribution is 2.31. The highest BCUT2D eigenvalue weighted by Gasteiger charge is 2.34. The van der Waals surface area contributed by atoms with Crippen LogP contribution in [0.25, 0.3) is 0 Å². The number of halogens is 2. The number of nitrogens with two attached hydrogens (primary N) is 1. The van der Waals surface area contributed by atoms with Gasteiger partial charge >= 0.3 is 0 Å². The molecular formula is C30H34Br2N6O6S. The van der Waals surface area contributed by atoms with Crippen LogP contribution in [0.4, 0.5) is 5.13 Å². The molecule has 2 aromatic carbocycles. The van der Waals surface area contributed by atoms with E-state index < -0.39 is 63.4 Å². The molecule has 0 bridgehead atoms. The summed E-state index contributed by atoms with van der Waals surface area (Å²) < 4.78 is 0. The molecule has 15 heteroatoms. The maximum Gasteiger partial charge on any atom is 0.248 e. The van der Waals surface area contributed by atoms with E-state index in [0.717, 1.165) is 5.56 Å². The molecule has 0 fully saturated rings. The summed E-state index contributed by atoms with van der Waals surface area (Å²) in [4.78, 5) is 67.5. The van der Waals surface area contributed by atoms with Crippen molar-refractivity contribution >= 4 is 77.9 Å². The maximum absolute atomic E-state index is 13.6. The van der Waals surface area contributed by atoms with Gasteiger partial charge in [-0.05, 0) is 24.5 Å². The summed E-state index contributed by atoms with van der Waals surface area (Å²) in [5.74, 6) is -3.40. The van der Waals surface area contributed by atoms with E-state index in [4.69, 9.17) is 5.73 Å². The maximum atomic E-state index is 13.6. The van der Waals surface area contributed by atoms with E-state index in [9.17, 15) is 29.1 Å². The van der Waals surface area contributed by atoms with Crippen LogP contribution in [-0.2, 0) is 30.4 Å². The fourth-order valence-electron chi connectivity index (χ4n) is 4.20. The van der Waals surface area contributed by atoms with Crippen molar-refractivity contribution in [2.75, 3.05) is 5.32 Å². The molecule has 3 rings (SSSR count). The summed E-state index contributed by atoms with van der Waals surface area (Å²) in [6.45, 7) is 1.34. The van der Waals surface area contributed by atoms with Gasteiger partial charge in [-0.15, -0.1) is 11.3 Å². The van der Waals surface area contributed by atoms with Gasteiger partial charge in [0.05, 0.1) is 10.9 Å². The molecule has 6 atom stereocenters. The monoisotopic (exact) mass is 764 g/mol. The van der Waals surface area contributed by atoms with E-state index >= 15 is 0 Å². The van der Waals surface area contributed by atoms with Crippen LogP contribution in [0, 0.1) is 0 Å². The quantitative estimate of drug-likeness (QED) is 0.121. The largest absolute Gasteiger partial charge is 0.391 e. The molecule has 45 heavy (non-hydrogen) atoms. The van der Waals surface area contributed by atoms with Crippen LogP contribution in [0.1, 0.15) is 35.7 Å². The summed E-state index contributed by atoms with van der Waals surface area (Å²) in [5, 5.41) is 22.8. The first-order chi connectivity index (χ1) is 21.5. The normalized spacial score (nSPS) is 14.9. The molecule has 0 aliphatic carbocycles. The number of aliphatic hydroxyl groups excluding tert-OH is 1. The number of alkyl halides is 2. The fraction of sp³-hybridized carbons (Fsp3) is 0.333. The lowest BCUT2D eigenvalue weighted by molar-refractivity contribution is -0.134. The number of amides is 5. The number of rotatable bonds is 16. The van der Waals surface area contributed by atoms with Gasteiger partial charge in [0.2, 0.25) is 29.5 Å². The number of carbonyl (C=O) groups excluding carboxylic acids is 5. The van der Waals surface area contributed by atoms with Crippen molar-refractivity contribution in [3.05, 3.63) is 83.4 Å². The molecule has 7 N–H and O–H groups in total. The number of anilines is 1. The number of thiazole rings is 1. The van der Waals surface area contributed by atoms with E-state index in [2.05, 4.69) is 58.1 Å². The van der Waals surface area contributed by atoms with Crippen molar-refractivity contribution in [1.29, 1.82) is 0 Å². The van der Waals surface area contributed by atoms with Crippen LogP contribution >= 0.6 is 43.2 Å². The molecule has 0 aliphatic rings. The number of nitrogens with zero attached hydrogens (tertiary/aromatic N) is 1. The van der Waals surface area contributed by atoms with Crippen LogP contribution in [0.5, 0.6) is 0 Å². The summed E-state index contributed by atoms with van der Waals surface area (Å²) in [6.07, 6.45) is -0.0934. The fourth-order valence-corrected chi connectivity index (χ4v) is 5.72. The average Bonchev–Trinajstić information content (AvgIpc) is 3.54. The third-order valence-corrected chi connectivity index (χ3v) is 9.98. The van der Waals surface area contributed by atoms with E-state index in [1.54, 1.807) is 35.7 Å². The Kier molecular flexibility index (Phi) is 14.1. The Hall–Kier alpha value is -3.66. The lowest BCUT2D eigenvalue weighted by Gasteiger charge is -2.27. The van der Waals surface area contributed by atoms with Crippen LogP contribution in [0.15, 0.2) is 72.2 Å².